The molecular formula is C23H17BrFNO. The van der Waals surface area contributed by atoms with Gasteiger partial charge in [-0.1, -0.05) is 64.0 Å². The first-order chi connectivity index (χ1) is 13.1. The number of benzene rings is 3. The van der Waals surface area contributed by atoms with Crippen molar-refractivity contribution in [3.63, 3.8) is 0 Å². The van der Waals surface area contributed by atoms with Crippen LogP contribution < -0.4 is 4.74 Å². The van der Waals surface area contributed by atoms with Gasteiger partial charge in [0.05, 0.1) is 11.6 Å². The van der Waals surface area contributed by atoms with Gasteiger partial charge in [0.1, 0.15) is 18.2 Å². The Morgan fingerprint density at radius 3 is 2.56 bits per heavy atom. The molecule has 27 heavy (non-hydrogen) atoms. The van der Waals surface area contributed by atoms with Crippen LogP contribution in [-0.4, -0.2) is 0 Å². The first-order valence-corrected chi connectivity index (χ1v) is 9.21. The van der Waals surface area contributed by atoms with Gasteiger partial charge >= 0.3 is 0 Å². The summed E-state index contributed by atoms with van der Waals surface area (Å²) in [5.41, 5.74) is 3.73. The van der Waals surface area contributed by atoms with Crippen molar-refractivity contribution in [2.75, 3.05) is 0 Å². The molecule has 0 aliphatic carbocycles. The van der Waals surface area contributed by atoms with E-state index in [0.717, 1.165) is 21.2 Å². The van der Waals surface area contributed by atoms with Crippen LogP contribution in [0.4, 0.5) is 4.39 Å². The van der Waals surface area contributed by atoms with Crippen molar-refractivity contribution in [3.8, 4) is 11.8 Å². The van der Waals surface area contributed by atoms with E-state index < -0.39 is 0 Å². The summed E-state index contributed by atoms with van der Waals surface area (Å²) in [5.74, 6) is 0.283. The third-order valence-electron chi connectivity index (χ3n) is 4.10. The Hall–Kier alpha value is -2.90. The summed E-state index contributed by atoms with van der Waals surface area (Å²) in [6.45, 7) is 2.12. The summed E-state index contributed by atoms with van der Waals surface area (Å²) >= 11 is 3.45. The highest BCUT2D eigenvalue weighted by Crippen LogP contribution is 2.29. The molecule has 0 spiro atoms. The van der Waals surface area contributed by atoms with Gasteiger partial charge < -0.3 is 4.74 Å². The highest BCUT2D eigenvalue weighted by molar-refractivity contribution is 9.10. The first-order valence-electron chi connectivity index (χ1n) is 8.41. The number of aryl methyl sites for hydroxylation is 1. The van der Waals surface area contributed by atoms with Gasteiger partial charge in [-0.3, -0.25) is 0 Å². The Kier molecular flexibility index (Phi) is 6.05. The Balaban J connectivity index is 1.92. The van der Waals surface area contributed by atoms with Gasteiger partial charge in [0, 0.05) is 15.6 Å². The number of halogens is 2. The molecule has 0 unspecified atom stereocenters. The molecule has 2 nitrogen and oxygen atoms in total. The summed E-state index contributed by atoms with van der Waals surface area (Å²) in [4.78, 5) is 0. The fourth-order valence-corrected chi connectivity index (χ4v) is 2.98. The molecule has 3 aromatic rings. The van der Waals surface area contributed by atoms with Crippen LogP contribution in [0.2, 0.25) is 0 Å². The fourth-order valence-electron chi connectivity index (χ4n) is 2.60. The molecule has 4 heteroatoms. The monoisotopic (exact) mass is 421 g/mol. The van der Waals surface area contributed by atoms with Gasteiger partial charge in [-0.2, -0.15) is 5.26 Å². The lowest BCUT2D eigenvalue weighted by atomic mass is 10.0. The fraction of sp³-hybridized carbons (Fsp3) is 0.0870. The molecule has 134 valence electrons. The van der Waals surface area contributed by atoms with E-state index >= 15 is 0 Å². The average molecular weight is 422 g/mol. The molecule has 0 amide bonds. The number of nitriles is 1. The Bertz CT molecular complexity index is 1020. The molecule has 0 radical (unpaired) electrons. The second-order valence-corrected chi connectivity index (χ2v) is 7.01. The molecule has 3 rings (SSSR count). The van der Waals surface area contributed by atoms with E-state index in [2.05, 4.69) is 22.0 Å². The van der Waals surface area contributed by atoms with Crippen molar-refractivity contribution < 1.29 is 9.13 Å². The molecule has 0 fully saturated rings. The number of rotatable bonds is 5. The first kappa shape index (κ1) is 18.9. The number of hydrogen-bond donors (Lipinski definition) is 0. The molecule has 0 atom stereocenters. The van der Waals surface area contributed by atoms with E-state index in [9.17, 15) is 9.65 Å². The third-order valence-corrected chi connectivity index (χ3v) is 4.59. The maximum absolute atomic E-state index is 13.8. The van der Waals surface area contributed by atoms with Crippen molar-refractivity contribution >= 4 is 27.6 Å². The summed E-state index contributed by atoms with van der Waals surface area (Å²) < 4.78 is 20.5. The minimum absolute atomic E-state index is 0.113. The summed E-state index contributed by atoms with van der Waals surface area (Å²) in [5, 5.41) is 9.59. The maximum Gasteiger partial charge on any atom is 0.129 e. The molecule has 3 aromatic carbocycles. The quantitative estimate of drug-likeness (QED) is 0.346. The zero-order chi connectivity index (χ0) is 19.2. The molecule has 0 heterocycles. The van der Waals surface area contributed by atoms with E-state index in [1.54, 1.807) is 30.3 Å². The maximum atomic E-state index is 13.8. The predicted molar refractivity (Wildman–Crippen MR) is 110 cm³/mol. The van der Waals surface area contributed by atoms with Crippen LogP contribution in [0.5, 0.6) is 5.75 Å². The van der Waals surface area contributed by atoms with Gasteiger partial charge in [0.25, 0.3) is 0 Å². The van der Waals surface area contributed by atoms with E-state index in [1.807, 2.05) is 43.3 Å². The second-order valence-electron chi connectivity index (χ2n) is 6.10. The van der Waals surface area contributed by atoms with Gasteiger partial charge in [-0.25, -0.2) is 4.39 Å². The molecule has 0 bridgehead atoms. The molecule has 0 saturated heterocycles. The van der Waals surface area contributed by atoms with E-state index in [-0.39, 0.29) is 12.4 Å². The van der Waals surface area contributed by atoms with Crippen LogP contribution in [0.1, 0.15) is 22.3 Å². The second kappa shape index (κ2) is 8.66. The molecule has 0 saturated carbocycles. The van der Waals surface area contributed by atoms with Crippen LogP contribution in [0, 0.1) is 24.1 Å². The zero-order valence-corrected chi connectivity index (χ0v) is 16.3. The van der Waals surface area contributed by atoms with Crippen LogP contribution in [0.25, 0.3) is 11.6 Å². The zero-order valence-electron chi connectivity index (χ0n) is 14.7. The lowest BCUT2D eigenvalue weighted by molar-refractivity contribution is 0.299. The summed E-state index contributed by atoms with van der Waals surface area (Å²) in [6, 6.07) is 22.1. The predicted octanol–water partition coefficient (Wildman–Crippen LogP) is 6.54. The number of allylic oxidation sites excluding steroid dienone is 1. The topological polar surface area (TPSA) is 33.0 Å². The van der Waals surface area contributed by atoms with Gasteiger partial charge in [-0.05, 0) is 42.8 Å². The van der Waals surface area contributed by atoms with Gasteiger partial charge in [0.15, 0.2) is 0 Å². The van der Waals surface area contributed by atoms with E-state index in [1.165, 1.54) is 6.07 Å². The average Bonchev–Trinajstić information content (AvgIpc) is 2.67. The Morgan fingerprint density at radius 1 is 1.11 bits per heavy atom. The van der Waals surface area contributed by atoms with Crippen molar-refractivity contribution in [2.24, 2.45) is 0 Å². The van der Waals surface area contributed by atoms with Gasteiger partial charge in [-0.15, -0.1) is 0 Å². The minimum atomic E-state index is -0.302. The van der Waals surface area contributed by atoms with Crippen molar-refractivity contribution in [1.82, 2.24) is 0 Å². The highest BCUT2D eigenvalue weighted by Gasteiger charge is 2.08. The van der Waals surface area contributed by atoms with Gasteiger partial charge in [0.2, 0.25) is 0 Å². The summed E-state index contributed by atoms with van der Waals surface area (Å²) in [6.07, 6.45) is 1.78. The normalized spacial score (nSPS) is 11.1. The third kappa shape index (κ3) is 4.84. The standard InChI is InChI=1S/C23H17BrFNO/c1-16-6-8-17(9-7-16)20(14-26)12-19-13-21(24)10-11-23(19)27-15-18-4-2-3-5-22(18)25/h2-13H,15H2,1H3/b20-12-. The number of nitrogens with zero attached hydrogens (tertiary/aromatic N) is 1. The van der Waals surface area contributed by atoms with Crippen LogP contribution in [-0.2, 0) is 6.61 Å². The minimum Gasteiger partial charge on any atom is -0.488 e. The van der Waals surface area contributed by atoms with E-state index in [4.69, 9.17) is 4.74 Å². The highest BCUT2D eigenvalue weighted by atomic mass is 79.9. The molecule has 0 aliphatic rings. The van der Waals surface area contributed by atoms with Crippen molar-refractivity contribution in [1.29, 1.82) is 5.26 Å². The Morgan fingerprint density at radius 2 is 1.85 bits per heavy atom. The van der Waals surface area contributed by atoms with E-state index in [0.29, 0.717) is 16.9 Å². The Labute approximate surface area is 166 Å². The number of ether oxygens (including phenoxy) is 1. The summed E-state index contributed by atoms with van der Waals surface area (Å²) in [7, 11) is 0. The van der Waals surface area contributed by atoms with Crippen LogP contribution in [0.15, 0.2) is 71.2 Å². The molecule has 0 aliphatic heterocycles. The lowest BCUT2D eigenvalue weighted by Crippen LogP contribution is -1.99. The lowest BCUT2D eigenvalue weighted by Gasteiger charge is -2.11. The molecular weight excluding hydrogens is 405 g/mol. The largest absolute Gasteiger partial charge is 0.488 e. The molecule has 0 aromatic heterocycles. The number of hydrogen-bond acceptors (Lipinski definition) is 2. The smallest absolute Gasteiger partial charge is 0.129 e. The van der Waals surface area contributed by atoms with Crippen molar-refractivity contribution in [2.45, 2.75) is 13.5 Å². The van der Waals surface area contributed by atoms with Crippen LogP contribution >= 0.6 is 15.9 Å². The molecule has 0 N–H and O–H groups in total. The van der Waals surface area contributed by atoms with Crippen LogP contribution in [0.3, 0.4) is 0 Å². The van der Waals surface area contributed by atoms with Crippen molar-refractivity contribution in [3.05, 3.63) is 99.3 Å². The SMILES string of the molecule is Cc1ccc(/C(C#N)=C\c2cc(Br)ccc2OCc2ccccc2F)cc1.